The van der Waals surface area contributed by atoms with Gasteiger partial charge < -0.3 is 19.0 Å². The second-order valence-corrected chi connectivity index (χ2v) is 4.82. The van der Waals surface area contributed by atoms with Crippen LogP contribution in [0.15, 0.2) is 47.8 Å². The van der Waals surface area contributed by atoms with Gasteiger partial charge in [0.05, 0.1) is 0 Å². The minimum atomic E-state index is -1.02. The number of fused-ring (bicyclic) bond motifs is 1. The van der Waals surface area contributed by atoms with Crippen molar-refractivity contribution in [3.63, 3.8) is 0 Å². The SMILES string of the molecule is CC1(c2ccccn2)ON=C(c2ccc3c(c2)OCO3)O1. The van der Waals surface area contributed by atoms with E-state index in [1.54, 1.807) is 13.1 Å². The summed E-state index contributed by atoms with van der Waals surface area (Å²) in [6.07, 6.45) is 1.69. The lowest BCUT2D eigenvalue weighted by atomic mass is 10.2. The van der Waals surface area contributed by atoms with Gasteiger partial charge in [-0.15, -0.1) is 0 Å². The van der Waals surface area contributed by atoms with Crippen LogP contribution < -0.4 is 9.47 Å². The molecule has 2 aromatic rings. The van der Waals surface area contributed by atoms with Crippen LogP contribution in [0.25, 0.3) is 0 Å². The molecule has 1 aromatic heterocycles. The van der Waals surface area contributed by atoms with Gasteiger partial charge in [0.25, 0.3) is 5.90 Å². The number of hydrogen-bond donors (Lipinski definition) is 0. The van der Waals surface area contributed by atoms with Gasteiger partial charge in [-0.3, -0.25) is 4.98 Å². The highest BCUT2D eigenvalue weighted by Crippen LogP contribution is 2.36. The molecule has 0 saturated carbocycles. The molecular weight excluding hydrogens is 272 g/mol. The van der Waals surface area contributed by atoms with E-state index in [1.165, 1.54) is 0 Å². The Balaban J connectivity index is 1.61. The molecule has 106 valence electrons. The molecule has 1 unspecified atom stereocenters. The van der Waals surface area contributed by atoms with Gasteiger partial charge in [0, 0.05) is 18.7 Å². The van der Waals surface area contributed by atoms with Gasteiger partial charge in [-0.2, -0.15) is 0 Å². The molecule has 4 rings (SSSR count). The summed E-state index contributed by atoms with van der Waals surface area (Å²) in [5.41, 5.74) is 1.42. The molecule has 0 aliphatic carbocycles. The van der Waals surface area contributed by atoms with Crippen molar-refractivity contribution < 1.29 is 19.0 Å². The predicted octanol–water partition coefficient (Wildman–Crippen LogP) is 2.39. The molecule has 0 N–H and O–H groups in total. The summed E-state index contributed by atoms with van der Waals surface area (Å²) < 4.78 is 16.5. The molecule has 0 saturated heterocycles. The van der Waals surface area contributed by atoms with Crippen molar-refractivity contribution in [1.29, 1.82) is 0 Å². The van der Waals surface area contributed by atoms with Crippen LogP contribution >= 0.6 is 0 Å². The summed E-state index contributed by atoms with van der Waals surface area (Å²) in [4.78, 5) is 9.69. The molecule has 3 heterocycles. The smallest absolute Gasteiger partial charge is 0.317 e. The summed E-state index contributed by atoms with van der Waals surface area (Å²) in [6.45, 7) is 2.01. The number of pyridine rings is 1. The average Bonchev–Trinajstić information content (AvgIpc) is 3.14. The maximum Gasteiger partial charge on any atom is 0.317 e. The third-order valence-corrected chi connectivity index (χ3v) is 3.34. The number of nitrogens with zero attached hydrogens (tertiary/aromatic N) is 2. The summed E-state index contributed by atoms with van der Waals surface area (Å²) in [6, 6.07) is 11.0. The second-order valence-electron chi connectivity index (χ2n) is 4.82. The topological polar surface area (TPSA) is 62.2 Å². The molecule has 2 aliphatic heterocycles. The Morgan fingerprint density at radius 2 is 2.00 bits per heavy atom. The molecule has 6 heteroatoms. The lowest BCUT2D eigenvalue weighted by Gasteiger charge is -2.20. The Kier molecular flexibility index (Phi) is 2.50. The normalized spacial score (nSPS) is 22.4. The van der Waals surface area contributed by atoms with E-state index < -0.39 is 5.79 Å². The van der Waals surface area contributed by atoms with Crippen LogP contribution in [-0.2, 0) is 15.4 Å². The maximum absolute atomic E-state index is 5.85. The zero-order chi connectivity index (χ0) is 14.3. The molecule has 2 aliphatic rings. The summed E-state index contributed by atoms with van der Waals surface area (Å²) >= 11 is 0. The summed E-state index contributed by atoms with van der Waals surface area (Å²) in [7, 11) is 0. The Morgan fingerprint density at radius 1 is 1.10 bits per heavy atom. The molecule has 1 atom stereocenters. The van der Waals surface area contributed by atoms with Gasteiger partial charge >= 0.3 is 5.79 Å². The van der Waals surface area contributed by atoms with Crippen molar-refractivity contribution in [3.8, 4) is 11.5 Å². The third kappa shape index (κ3) is 1.96. The Bertz CT molecular complexity index is 717. The molecular formula is C15H12N2O4. The fraction of sp³-hybridized carbons (Fsp3) is 0.200. The third-order valence-electron chi connectivity index (χ3n) is 3.34. The van der Waals surface area contributed by atoms with Crippen molar-refractivity contribution >= 4 is 5.90 Å². The predicted molar refractivity (Wildman–Crippen MR) is 72.9 cm³/mol. The van der Waals surface area contributed by atoms with Gasteiger partial charge in [0.2, 0.25) is 6.79 Å². The quantitative estimate of drug-likeness (QED) is 0.847. The molecule has 21 heavy (non-hydrogen) atoms. The van der Waals surface area contributed by atoms with Crippen molar-refractivity contribution in [3.05, 3.63) is 53.9 Å². The Labute approximate surface area is 120 Å². The number of rotatable bonds is 2. The van der Waals surface area contributed by atoms with Gasteiger partial charge in [-0.05, 0) is 35.5 Å². The minimum Gasteiger partial charge on any atom is -0.454 e. The van der Waals surface area contributed by atoms with E-state index in [1.807, 2.05) is 36.4 Å². The highest BCUT2D eigenvalue weighted by Gasteiger charge is 2.40. The van der Waals surface area contributed by atoms with Crippen LogP contribution in [0.5, 0.6) is 11.5 Å². The van der Waals surface area contributed by atoms with Crippen molar-refractivity contribution in [2.75, 3.05) is 6.79 Å². The number of oxime groups is 1. The number of aromatic nitrogens is 1. The van der Waals surface area contributed by atoms with Gasteiger partial charge in [-0.1, -0.05) is 6.07 Å². The van der Waals surface area contributed by atoms with Crippen molar-refractivity contribution in [1.82, 2.24) is 4.98 Å². The zero-order valence-corrected chi connectivity index (χ0v) is 11.3. The maximum atomic E-state index is 5.85. The van der Waals surface area contributed by atoms with Crippen LogP contribution in [0.1, 0.15) is 18.2 Å². The first kappa shape index (κ1) is 12.0. The van der Waals surface area contributed by atoms with E-state index in [4.69, 9.17) is 19.0 Å². The van der Waals surface area contributed by atoms with E-state index >= 15 is 0 Å². The van der Waals surface area contributed by atoms with E-state index in [0.29, 0.717) is 23.1 Å². The first-order valence-corrected chi connectivity index (χ1v) is 6.51. The molecule has 0 amide bonds. The molecule has 1 aromatic carbocycles. The molecule has 0 radical (unpaired) electrons. The number of benzene rings is 1. The van der Waals surface area contributed by atoms with E-state index in [2.05, 4.69) is 10.1 Å². The highest BCUT2D eigenvalue weighted by molar-refractivity contribution is 5.95. The Hall–Kier alpha value is -2.76. The van der Waals surface area contributed by atoms with E-state index in [-0.39, 0.29) is 6.79 Å². The van der Waals surface area contributed by atoms with Crippen molar-refractivity contribution in [2.24, 2.45) is 5.16 Å². The first-order valence-electron chi connectivity index (χ1n) is 6.51. The van der Waals surface area contributed by atoms with Crippen LogP contribution in [0, 0.1) is 0 Å². The monoisotopic (exact) mass is 284 g/mol. The van der Waals surface area contributed by atoms with Crippen molar-refractivity contribution in [2.45, 2.75) is 12.7 Å². The van der Waals surface area contributed by atoms with Gasteiger partial charge in [-0.25, -0.2) is 0 Å². The number of hydrogen-bond acceptors (Lipinski definition) is 6. The minimum absolute atomic E-state index is 0.230. The lowest BCUT2D eigenvalue weighted by molar-refractivity contribution is -0.155. The molecule has 0 fully saturated rings. The van der Waals surface area contributed by atoms with Gasteiger partial charge in [0.15, 0.2) is 11.5 Å². The van der Waals surface area contributed by atoms with E-state index in [9.17, 15) is 0 Å². The Morgan fingerprint density at radius 3 is 2.86 bits per heavy atom. The van der Waals surface area contributed by atoms with Crippen LogP contribution in [0.4, 0.5) is 0 Å². The average molecular weight is 284 g/mol. The number of ether oxygens (including phenoxy) is 3. The summed E-state index contributed by atoms with van der Waals surface area (Å²) in [5.74, 6) is 0.755. The molecule has 0 spiro atoms. The fourth-order valence-corrected chi connectivity index (χ4v) is 2.22. The van der Waals surface area contributed by atoms with Crippen LogP contribution in [0.2, 0.25) is 0 Å². The van der Waals surface area contributed by atoms with Crippen LogP contribution in [-0.4, -0.2) is 17.7 Å². The highest BCUT2D eigenvalue weighted by atomic mass is 16.8. The molecule has 6 nitrogen and oxygen atoms in total. The largest absolute Gasteiger partial charge is 0.454 e. The molecule has 0 bridgehead atoms. The standard InChI is InChI=1S/C15H12N2O4/c1-15(13-4-2-3-7-16-13)20-14(17-21-15)10-5-6-11-12(8-10)19-9-18-11/h2-8H,9H2,1H3. The fourth-order valence-electron chi connectivity index (χ4n) is 2.22. The lowest BCUT2D eigenvalue weighted by Crippen LogP contribution is -2.26. The van der Waals surface area contributed by atoms with E-state index in [0.717, 1.165) is 5.56 Å². The first-order chi connectivity index (χ1) is 10.2. The van der Waals surface area contributed by atoms with Gasteiger partial charge in [0.1, 0.15) is 5.69 Å². The second kappa shape index (κ2) is 4.37. The van der Waals surface area contributed by atoms with Crippen LogP contribution in [0.3, 0.4) is 0 Å². The summed E-state index contributed by atoms with van der Waals surface area (Å²) in [5, 5.41) is 4.02. The zero-order valence-electron chi connectivity index (χ0n) is 11.3.